The number of nitrogens with zero attached hydrogens (tertiary/aromatic N) is 5. The fourth-order valence-corrected chi connectivity index (χ4v) is 4.11. The number of hydrogen-bond donors (Lipinski definition) is 1. The topological polar surface area (TPSA) is 94.8 Å². The first kappa shape index (κ1) is 20.5. The molecule has 3 aromatic heterocycles. The van der Waals surface area contributed by atoms with E-state index in [1.807, 2.05) is 43.3 Å². The van der Waals surface area contributed by atoms with Gasteiger partial charge in [0.15, 0.2) is 5.82 Å². The lowest BCUT2D eigenvalue weighted by Crippen LogP contribution is -2.11. The summed E-state index contributed by atoms with van der Waals surface area (Å²) in [6, 6.07) is 20.4. The Morgan fingerprint density at radius 3 is 2.61 bits per heavy atom. The average molecular weight is 455 g/mol. The summed E-state index contributed by atoms with van der Waals surface area (Å²) in [5.74, 6) is 1.38. The van der Waals surface area contributed by atoms with Gasteiger partial charge < -0.3 is 10.1 Å². The van der Waals surface area contributed by atoms with Crippen molar-refractivity contribution < 1.29 is 9.53 Å². The highest BCUT2D eigenvalue weighted by atomic mass is 32.1. The Morgan fingerprint density at radius 2 is 1.85 bits per heavy atom. The number of rotatable bonds is 6. The fraction of sp³-hybridized carbons (Fsp3) is 0.0417. The number of carbonyl (C=O) groups is 1. The molecule has 3 heterocycles. The van der Waals surface area contributed by atoms with Crippen LogP contribution in [0.4, 0.5) is 5.69 Å². The molecule has 1 N–H and O–H groups in total. The maximum absolute atomic E-state index is 12.8. The minimum absolute atomic E-state index is 0.194. The Labute approximate surface area is 193 Å². The van der Waals surface area contributed by atoms with Gasteiger partial charge >= 0.3 is 0 Å². The minimum atomic E-state index is -0.194. The van der Waals surface area contributed by atoms with Crippen molar-refractivity contribution >= 4 is 22.9 Å². The van der Waals surface area contributed by atoms with Crippen molar-refractivity contribution in [3.63, 3.8) is 0 Å². The molecule has 0 aliphatic rings. The van der Waals surface area contributed by atoms with Crippen LogP contribution in [0.5, 0.6) is 11.6 Å². The Morgan fingerprint density at radius 1 is 1.03 bits per heavy atom. The number of carbonyl (C=O) groups excluding carboxylic acids is 1. The second-order valence-electron chi connectivity index (χ2n) is 7.05. The number of aryl methyl sites for hydroxylation is 1. The Kier molecular flexibility index (Phi) is 5.61. The molecular formula is C24H18N6O2S. The summed E-state index contributed by atoms with van der Waals surface area (Å²) in [5.41, 5.74) is 2.35. The first-order chi connectivity index (χ1) is 16.2. The van der Waals surface area contributed by atoms with Crippen molar-refractivity contribution in [2.75, 3.05) is 5.32 Å². The molecule has 0 atom stereocenters. The first-order valence-corrected chi connectivity index (χ1v) is 10.9. The molecule has 162 valence electrons. The molecule has 1 amide bonds. The van der Waals surface area contributed by atoms with Crippen molar-refractivity contribution in [3.8, 4) is 28.0 Å². The second kappa shape index (κ2) is 9.01. The van der Waals surface area contributed by atoms with E-state index in [1.165, 1.54) is 17.7 Å². The van der Waals surface area contributed by atoms with E-state index >= 15 is 0 Å². The second-order valence-corrected chi connectivity index (χ2v) is 8.04. The highest BCUT2D eigenvalue weighted by Crippen LogP contribution is 2.29. The normalized spacial score (nSPS) is 10.7. The van der Waals surface area contributed by atoms with Gasteiger partial charge in [-0.3, -0.25) is 4.79 Å². The van der Waals surface area contributed by atoms with Gasteiger partial charge in [0.1, 0.15) is 22.0 Å². The fourth-order valence-electron chi connectivity index (χ4n) is 3.14. The molecule has 0 radical (unpaired) electrons. The summed E-state index contributed by atoms with van der Waals surface area (Å²) in [6.45, 7) is 1.84. The van der Waals surface area contributed by atoms with Crippen molar-refractivity contribution in [2.45, 2.75) is 6.92 Å². The molecule has 8 nitrogen and oxygen atoms in total. The molecule has 0 aliphatic heterocycles. The molecule has 5 aromatic rings. The lowest BCUT2D eigenvalue weighted by Gasteiger charge is -2.08. The van der Waals surface area contributed by atoms with Gasteiger partial charge in [-0.1, -0.05) is 30.3 Å². The first-order valence-electron chi connectivity index (χ1n) is 10.1. The summed E-state index contributed by atoms with van der Waals surface area (Å²) in [6.07, 6.45) is 4.88. The van der Waals surface area contributed by atoms with Gasteiger partial charge in [0.25, 0.3) is 5.91 Å². The average Bonchev–Trinajstić information content (AvgIpc) is 3.51. The van der Waals surface area contributed by atoms with Crippen LogP contribution in [-0.4, -0.2) is 30.6 Å². The van der Waals surface area contributed by atoms with E-state index in [-0.39, 0.29) is 5.91 Å². The Balaban J connectivity index is 1.27. The van der Waals surface area contributed by atoms with Crippen molar-refractivity contribution in [1.29, 1.82) is 0 Å². The van der Waals surface area contributed by atoms with E-state index in [4.69, 9.17) is 4.74 Å². The summed E-state index contributed by atoms with van der Waals surface area (Å²) in [7, 11) is 0. The molecule has 0 bridgehead atoms. The third-order valence-electron chi connectivity index (χ3n) is 4.72. The van der Waals surface area contributed by atoms with Crippen molar-refractivity contribution in [2.24, 2.45) is 0 Å². The number of amides is 1. The van der Waals surface area contributed by atoms with Gasteiger partial charge in [0, 0.05) is 29.7 Å². The van der Waals surface area contributed by atoms with Gasteiger partial charge in [-0.15, -0.1) is 11.3 Å². The maximum atomic E-state index is 12.8. The molecule has 2 aromatic carbocycles. The molecular weight excluding hydrogens is 436 g/mol. The van der Waals surface area contributed by atoms with Crippen LogP contribution in [-0.2, 0) is 0 Å². The molecule has 0 fully saturated rings. The standard InChI is InChI=1S/C24H18N6O2S/c1-16-22(33-24(28-16)17-6-3-2-4-7-17)23(31)29-18-8-10-19(11-9-18)32-21-14-20(25-15-26-21)30-13-5-12-27-30/h2-15H,1H3,(H,29,31). The minimum Gasteiger partial charge on any atom is -0.439 e. The van der Waals surface area contributed by atoms with Crippen molar-refractivity contribution in [3.05, 3.63) is 96.0 Å². The molecule has 9 heteroatoms. The quantitative estimate of drug-likeness (QED) is 0.382. The number of nitrogens with one attached hydrogen (secondary N) is 1. The highest BCUT2D eigenvalue weighted by Gasteiger charge is 2.16. The number of aromatic nitrogens is 5. The Hall–Kier alpha value is -4.37. The van der Waals surface area contributed by atoms with Gasteiger partial charge in [0.2, 0.25) is 5.88 Å². The molecule has 0 saturated carbocycles. The van der Waals surface area contributed by atoms with E-state index < -0.39 is 0 Å². The SMILES string of the molecule is Cc1nc(-c2ccccc2)sc1C(=O)Nc1ccc(Oc2cc(-n3cccn3)ncn2)cc1. The zero-order chi connectivity index (χ0) is 22.6. The monoisotopic (exact) mass is 454 g/mol. The predicted molar refractivity (Wildman–Crippen MR) is 126 cm³/mol. The van der Waals surface area contributed by atoms with Crippen LogP contribution >= 0.6 is 11.3 Å². The number of ether oxygens (including phenoxy) is 1. The van der Waals surface area contributed by atoms with E-state index in [1.54, 1.807) is 47.4 Å². The zero-order valence-corrected chi connectivity index (χ0v) is 18.4. The van der Waals surface area contributed by atoms with E-state index in [9.17, 15) is 4.79 Å². The van der Waals surface area contributed by atoms with Gasteiger partial charge in [-0.05, 0) is 37.3 Å². The molecule has 0 unspecified atom stereocenters. The van der Waals surface area contributed by atoms with Crippen LogP contribution in [0.25, 0.3) is 16.4 Å². The highest BCUT2D eigenvalue weighted by molar-refractivity contribution is 7.17. The summed E-state index contributed by atoms with van der Waals surface area (Å²) in [4.78, 5) is 26.3. The number of hydrogen-bond acceptors (Lipinski definition) is 7. The van der Waals surface area contributed by atoms with Gasteiger partial charge in [-0.25, -0.2) is 19.6 Å². The van der Waals surface area contributed by atoms with E-state index in [2.05, 4.69) is 25.4 Å². The van der Waals surface area contributed by atoms with Crippen molar-refractivity contribution in [1.82, 2.24) is 24.7 Å². The van der Waals surface area contributed by atoms with Crippen LogP contribution in [0.2, 0.25) is 0 Å². The van der Waals surface area contributed by atoms with Gasteiger partial charge in [0.05, 0.1) is 5.69 Å². The van der Waals surface area contributed by atoms with Gasteiger partial charge in [-0.2, -0.15) is 5.10 Å². The van der Waals surface area contributed by atoms with Crippen LogP contribution in [0.3, 0.4) is 0 Å². The van der Waals surface area contributed by atoms with Crippen LogP contribution in [0, 0.1) is 6.92 Å². The number of benzene rings is 2. The molecule has 0 saturated heterocycles. The predicted octanol–water partition coefficient (Wildman–Crippen LogP) is 5.14. The maximum Gasteiger partial charge on any atom is 0.267 e. The van der Waals surface area contributed by atoms with E-state index in [0.717, 1.165) is 10.6 Å². The molecule has 33 heavy (non-hydrogen) atoms. The lowest BCUT2D eigenvalue weighted by molar-refractivity contribution is 0.103. The zero-order valence-electron chi connectivity index (χ0n) is 17.5. The van der Waals surface area contributed by atoms with E-state index in [0.29, 0.717) is 33.7 Å². The number of anilines is 1. The molecule has 5 rings (SSSR count). The molecule has 0 spiro atoms. The summed E-state index contributed by atoms with van der Waals surface area (Å²) < 4.78 is 7.44. The summed E-state index contributed by atoms with van der Waals surface area (Å²) >= 11 is 1.38. The van der Waals surface area contributed by atoms with Crippen LogP contribution < -0.4 is 10.1 Å². The third kappa shape index (κ3) is 4.63. The smallest absolute Gasteiger partial charge is 0.267 e. The van der Waals surface area contributed by atoms with Crippen LogP contribution in [0.15, 0.2) is 85.5 Å². The summed E-state index contributed by atoms with van der Waals surface area (Å²) in [5, 5.41) is 7.89. The molecule has 0 aliphatic carbocycles. The van der Waals surface area contributed by atoms with Crippen LogP contribution in [0.1, 0.15) is 15.4 Å². The lowest BCUT2D eigenvalue weighted by atomic mass is 10.2. The third-order valence-corrected chi connectivity index (χ3v) is 5.93. The largest absolute Gasteiger partial charge is 0.439 e. The Bertz CT molecular complexity index is 1380. The number of thiazole rings is 1.